The van der Waals surface area contributed by atoms with Crippen LogP contribution in [0.3, 0.4) is 0 Å². The highest BCUT2D eigenvalue weighted by Gasteiger charge is 2.31. The fourth-order valence-corrected chi connectivity index (χ4v) is 2.93. The molecule has 3 rings (SSSR count). The Morgan fingerprint density at radius 3 is 2.38 bits per heavy atom. The summed E-state index contributed by atoms with van der Waals surface area (Å²) in [6.45, 7) is -0.683. The van der Waals surface area contributed by atoms with Gasteiger partial charge in [-0.3, -0.25) is 19.4 Å². The van der Waals surface area contributed by atoms with Gasteiger partial charge in [0.15, 0.2) is 0 Å². The van der Waals surface area contributed by atoms with Gasteiger partial charge in [0.05, 0.1) is 17.2 Å². The SMILES string of the molecule is O=C(O)Cn1cc(C(=O)N[C@@H](c2ccc(C(F)(F)F)cc2)c2ncccc2F)ccc1=O. The van der Waals surface area contributed by atoms with Gasteiger partial charge in [-0.05, 0) is 35.9 Å². The summed E-state index contributed by atoms with van der Waals surface area (Å²) in [5, 5.41) is 11.4. The van der Waals surface area contributed by atoms with E-state index in [-0.39, 0.29) is 16.8 Å². The third-order valence-electron chi connectivity index (χ3n) is 4.46. The average molecular weight is 449 g/mol. The van der Waals surface area contributed by atoms with Crippen molar-refractivity contribution in [3.63, 3.8) is 0 Å². The number of aliphatic carboxylic acids is 1. The Labute approximate surface area is 178 Å². The Morgan fingerprint density at radius 1 is 1.09 bits per heavy atom. The predicted molar refractivity (Wildman–Crippen MR) is 103 cm³/mol. The monoisotopic (exact) mass is 449 g/mol. The molecule has 7 nitrogen and oxygen atoms in total. The lowest BCUT2D eigenvalue weighted by Gasteiger charge is -2.20. The maximum absolute atomic E-state index is 14.4. The van der Waals surface area contributed by atoms with E-state index in [1.165, 1.54) is 12.3 Å². The Balaban J connectivity index is 1.98. The fraction of sp³-hybridized carbons (Fsp3) is 0.143. The third kappa shape index (κ3) is 5.17. The largest absolute Gasteiger partial charge is 0.480 e. The topological polar surface area (TPSA) is 101 Å². The van der Waals surface area contributed by atoms with Crippen LogP contribution in [0.4, 0.5) is 17.6 Å². The molecule has 0 aliphatic rings. The first kappa shape index (κ1) is 22.7. The van der Waals surface area contributed by atoms with E-state index in [0.717, 1.165) is 53.2 Å². The van der Waals surface area contributed by atoms with Crippen molar-refractivity contribution in [1.82, 2.24) is 14.9 Å². The van der Waals surface area contributed by atoms with Crippen molar-refractivity contribution in [3.8, 4) is 0 Å². The van der Waals surface area contributed by atoms with E-state index >= 15 is 0 Å². The third-order valence-corrected chi connectivity index (χ3v) is 4.46. The normalized spacial score (nSPS) is 12.2. The number of carbonyl (C=O) groups is 2. The van der Waals surface area contributed by atoms with Crippen LogP contribution >= 0.6 is 0 Å². The number of carbonyl (C=O) groups excluding carboxylic acids is 1. The van der Waals surface area contributed by atoms with Crippen LogP contribution in [0.1, 0.15) is 33.2 Å². The van der Waals surface area contributed by atoms with Gasteiger partial charge >= 0.3 is 12.1 Å². The van der Waals surface area contributed by atoms with E-state index in [9.17, 15) is 31.9 Å². The Hall–Kier alpha value is -4.02. The molecule has 1 amide bonds. The number of hydrogen-bond donors (Lipinski definition) is 2. The molecule has 0 aliphatic heterocycles. The van der Waals surface area contributed by atoms with Crippen molar-refractivity contribution in [2.75, 3.05) is 0 Å². The summed E-state index contributed by atoms with van der Waals surface area (Å²) in [4.78, 5) is 39.3. The Morgan fingerprint density at radius 2 is 1.78 bits per heavy atom. The van der Waals surface area contributed by atoms with E-state index < -0.39 is 47.6 Å². The second-order valence-corrected chi connectivity index (χ2v) is 6.67. The molecular weight excluding hydrogens is 434 g/mol. The Bertz CT molecular complexity index is 1210. The molecule has 32 heavy (non-hydrogen) atoms. The highest BCUT2D eigenvalue weighted by Crippen LogP contribution is 2.31. The first-order chi connectivity index (χ1) is 15.1. The summed E-state index contributed by atoms with van der Waals surface area (Å²) in [6.07, 6.45) is -2.30. The minimum absolute atomic E-state index is 0.112. The van der Waals surface area contributed by atoms with Crippen LogP contribution < -0.4 is 10.9 Å². The van der Waals surface area contributed by atoms with Crippen molar-refractivity contribution >= 4 is 11.9 Å². The minimum Gasteiger partial charge on any atom is -0.480 e. The zero-order valence-electron chi connectivity index (χ0n) is 16.1. The molecule has 0 unspecified atom stereocenters. The van der Waals surface area contributed by atoms with Crippen LogP contribution in [0, 0.1) is 5.82 Å². The zero-order chi connectivity index (χ0) is 23.5. The number of pyridine rings is 2. The number of amides is 1. The smallest absolute Gasteiger partial charge is 0.416 e. The molecule has 2 N–H and O–H groups in total. The number of carboxylic acids is 1. The maximum Gasteiger partial charge on any atom is 0.416 e. The van der Waals surface area contributed by atoms with Gasteiger partial charge in [0.25, 0.3) is 11.5 Å². The highest BCUT2D eigenvalue weighted by molar-refractivity contribution is 5.94. The summed E-state index contributed by atoms with van der Waals surface area (Å²) < 4.78 is 53.9. The molecule has 2 aromatic heterocycles. The first-order valence-electron chi connectivity index (χ1n) is 9.07. The van der Waals surface area contributed by atoms with Crippen LogP contribution in [0.15, 0.2) is 65.7 Å². The summed E-state index contributed by atoms with van der Waals surface area (Å²) in [5.74, 6) is -2.92. The van der Waals surface area contributed by atoms with Gasteiger partial charge in [-0.25, -0.2) is 4.39 Å². The van der Waals surface area contributed by atoms with Gasteiger partial charge in [0.2, 0.25) is 0 Å². The van der Waals surface area contributed by atoms with E-state index in [1.54, 1.807) is 0 Å². The van der Waals surface area contributed by atoms with Crippen molar-refractivity contribution in [2.24, 2.45) is 0 Å². The lowest BCUT2D eigenvalue weighted by atomic mass is 10.0. The molecule has 0 bridgehead atoms. The number of carboxylic acid groups (broad SMARTS) is 1. The van der Waals surface area contributed by atoms with Gasteiger partial charge in [0.1, 0.15) is 18.1 Å². The van der Waals surface area contributed by atoms with Crippen molar-refractivity contribution in [2.45, 2.75) is 18.8 Å². The summed E-state index contributed by atoms with van der Waals surface area (Å²) in [7, 11) is 0. The number of hydrogen-bond acceptors (Lipinski definition) is 4. The van der Waals surface area contributed by atoms with E-state index in [2.05, 4.69) is 10.3 Å². The first-order valence-corrected chi connectivity index (χ1v) is 9.07. The van der Waals surface area contributed by atoms with Crippen molar-refractivity contribution < 1.29 is 32.3 Å². The van der Waals surface area contributed by atoms with Gasteiger partial charge in [-0.1, -0.05) is 12.1 Å². The van der Waals surface area contributed by atoms with Crippen LogP contribution in [0.25, 0.3) is 0 Å². The number of nitrogens with one attached hydrogen (secondary N) is 1. The number of benzene rings is 1. The zero-order valence-corrected chi connectivity index (χ0v) is 16.1. The molecule has 1 atom stereocenters. The number of aromatic nitrogens is 2. The number of alkyl halides is 3. The minimum atomic E-state index is -4.58. The fourth-order valence-electron chi connectivity index (χ4n) is 2.93. The molecule has 166 valence electrons. The standard InChI is InChI=1S/C21H15F4N3O4/c22-15-2-1-9-26-19(15)18(12-3-6-14(7-4-12)21(23,24)25)27-20(32)13-5-8-16(29)28(10-13)11-17(30)31/h1-10,18H,11H2,(H,27,32)(H,30,31)/t18-/m0/s1. The molecule has 0 aliphatic carbocycles. The molecular formula is C21H15F4N3O4. The van der Waals surface area contributed by atoms with E-state index in [0.29, 0.717) is 0 Å². The molecule has 2 heterocycles. The van der Waals surface area contributed by atoms with E-state index in [4.69, 9.17) is 5.11 Å². The number of rotatable bonds is 6. The van der Waals surface area contributed by atoms with Crippen molar-refractivity contribution in [1.29, 1.82) is 0 Å². The maximum atomic E-state index is 14.4. The van der Waals surface area contributed by atoms with Gasteiger partial charge in [-0.2, -0.15) is 13.2 Å². The Kier molecular flexibility index (Phi) is 6.37. The van der Waals surface area contributed by atoms with Crippen molar-refractivity contribution in [3.05, 3.63) is 99.5 Å². The lowest BCUT2D eigenvalue weighted by molar-refractivity contribution is -0.138. The van der Waals surface area contributed by atoms with Crippen LogP contribution in [0.5, 0.6) is 0 Å². The van der Waals surface area contributed by atoms with Gasteiger partial charge in [-0.15, -0.1) is 0 Å². The second kappa shape index (κ2) is 9.00. The molecule has 11 heteroatoms. The molecule has 0 saturated heterocycles. The summed E-state index contributed by atoms with van der Waals surface area (Å²) >= 11 is 0. The summed E-state index contributed by atoms with van der Waals surface area (Å²) in [5.41, 5.74) is -1.80. The van der Waals surface area contributed by atoms with E-state index in [1.807, 2.05) is 0 Å². The predicted octanol–water partition coefficient (Wildman–Crippen LogP) is 3.01. The summed E-state index contributed by atoms with van der Waals surface area (Å²) in [6, 6.07) is 7.04. The average Bonchev–Trinajstić information content (AvgIpc) is 2.73. The molecule has 0 fully saturated rings. The van der Waals surface area contributed by atoms with Crippen LogP contribution in [-0.2, 0) is 17.5 Å². The van der Waals surface area contributed by atoms with Crippen LogP contribution in [0.2, 0.25) is 0 Å². The van der Waals surface area contributed by atoms with Crippen LogP contribution in [-0.4, -0.2) is 26.5 Å². The number of nitrogens with zero attached hydrogens (tertiary/aromatic N) is 2. The molecule has 1 aromatic carbocycles. The molecule has 0 spiro atoms. The second-order valence-electron chi connectivity index (χ2n) is 6.67. The number of halogens is 4. The quantitative estimate of drug-likeness (QED) is 0.564. The highest BCUT2D eigenvalue weighted by atomic mass is 19.4. The van der Waals surface area contributed by atoms with Gasteiger partial charge in [0, 0.05) is 18.5 Å². The molecule has 0 radical (unpaired) electrons. The van der Waals surface area contributed by atoms with Gasteiger partial charge < -0.3 is 15.0 Å². The lowest BCUT2D eigenvalue weighted by Crippen LogP contribution is -2.32. The molecule has 0 saturated carbocycles. The molecule has 3 aromatic rings.